The molecule has 0 aromatic carbocycles. The first-order valence-corrected chi connectivity index (χ1v) is 8.09. The zero-order valence-electron chi connectivity index (χ0n) is 13.9. The van der Waals surface area contributed by atoms with Crippen molar-refractivity contribution in [2.24, 2.45) is 0 Å². The van der Waals surface area contributed by atoms with E-state index in [1.807, 2.05) is 13.8 Å². The quantitative estimate of drug-likeness (QED) is 0.495. The summed E-state index contributed by atoms with van der Waals surface area (Å²) in [7, 11) is 1.45. The van der Waals surface area contributed by atoms with Crippen molar-refractivity contribution in [1.82, 2.24) is 5.32 Å². The SMILES string of the molecule is CCCCOCCOC1CCC(NC(C)C)(C(=O)OC)C1. The fourth-order valence-corrected chi connectivity index (χ4v) is 2.89. The summed E-state index contributed by atoms with van der Waals surface area (Å²) < 4.78 is 16.3. The molecular formula is C16H31NO4. The van der Waals surface area contributed by atoms with Gasteiger partial charge in [0.2, 0.25) is 0 Å². The van der Waals surface area contributed by atoms with Crippen LogP contribution in [-0.2, 0) is 19.0 Å². The summed E-state index contributed by atoms with van der Waals surface area (Å²) in [5.74, 6) is -0.179. The van der Waals surface area contributed by atoms with Gasteiger partial charge in [-0.15, -0.1) is 0 Å². The number of methoxy groups -OCH3 is 1. The smallest absolute Gasteiger partial charge is 0.326 e. The number of ether oxygens (including phenoxy) is 3. The first-order valence-electron chi connectivity index (χ1n) is 8.09. The number of esters is 1. The predicted octanol–water partition coefficient (Wildman–Crippen LogP) is 2.28. The molecule has 1 rings (SSSR count). The second-order valence-electron chi connectivity index (χ2n) is 6.07. The van der Waals surface area contributed by atoms with E-state index >= 15 is 0 Å². The molecule has 5 nitrogen and oxygen atoms in total. The number of nitrogens with one attached hydrogen (secondary N) is 1. The van der Waals surface area contributed by atoms with Crippen LogP contribution in [0.25, 0.3) is 0 Å². The molecule has 1 aliphatic carbocycles. The van der Waals surface area contributed by atoms with Gasteiger partial charge in [-0.25, -0.2) is 0 Å². The maximum Gasteiger partial charge on any atom is 0.326 e. The summed E-state index contributed by atoms with van der Waals surface area (Å²) >= 11 is 0. The molecule has 0 aromatic heterocycles. The van der Waals surface area contributed by atoms with Crippen molar-refractivity contribution >= 4 is 5.97 Å². The van der Waals surface area contributed by atoms with Gasteiger partial charge in [0.15, 0.2) is 0 Å². The Bertz CT molecular complexity index is 309. The second-order valence-corrected chi connectivity index (χ2v) is 6.07. The van der Waals surface area contributed by atoms with Crippen molar-refractivity contribution in [2.75, 3.05) is 26.9 Å². The third kappa shape index (κ3) is 5.93. The lowest BCUT2D eigenvalue weighted by Gasteiger charge is -2.30. The Morgan fingerprint density at radius 3 is 2.71 bits per heavy atom. The molecule has 5 heteroatoms. The van der Waals surface area contributed by atoms with Crippen molar-refractivity contribution in [3.05, 3.63) is 0 Å². The Labute approximate surface area is 128 Å². The zero-order valence-corrected chi connectivity index (χ0v) is 13.9. The molecule has 0 spiro atoms. The molecule has 2 unspecified atom stereocenters. The van der Waals surface area contributed by atoms with Gasteiger partial charge in [0, 0.05) is 19.1 Å². The van der Waals surface area contributed by atoms with Crippen LogP contribution in [0.5, 0.6) is 0 Å². The average Bonchev–Trinajstić information content (AvgIpc) is 2.85. The molecule has 0 saturated heterocycles. The van der Waals surface area contributed by atoms with Crippen molar-refractivity contribution in [3.63, 3.8) is 0 Å². The Balaban J connectivity index is 2.35. The maximum absolute atomic E-state index is 12.1. The molecular weight excluding hydrogens is 270 g/mol. The van der Waals surface area contributed by atoms with Gasteiger partial charge in [-0.3, -0.25) is 10.1 Å². The predicted molar refractivity (Wildman–Crippen MR) is 82.3 cm³/mol. The molecule has 1 aliphatic rings. The van der Waals surface area contributed by atoms with Crippen molar-refractivity contribution < 1.29 is 19.0 Å². The third-order valence-electron chi connectivity index (χ3n) is 3.83. The summed E-state index contributed by atoms with van der Waals surface area (Å²) in [5.41, 5.74) is -0.587. The van der Waals surface area contributed by atoms with Gasteiger partial charge in [-0.1, -0.05) is 13.3 Å². The van der Waals surface area contributed by atoms with E-state index in [1.165, 1.54) is 7.11 Å². The molecule has 0 bridgehead atoms. The molecule has 0 heterocycles. The van der Waals surface area contributed by atoms with Crippen LogP contribution in [0, 0.1) is 0 Å². The van der Waals surface area contributed by atoms with E-state index in [-0.39, 0.29) is 18.1 Å². The fourth-order valence-electron chi connectivity index (χ4n) is 2.89. The molecule has 1 saturated carbocycles. The van der Waals surface area contributed by atoms with E-state index in [2.05, 4.69) is 12.2 Å². The van der Waals surface area contributed by atoms with E-state index < -0.39 is 5.54 Å². The summed E-state index contributed by atoms with van der Waals surface area (Å²) in [6.07, 6.45) is 4.65. The minimum atomic E-state index is -0.587. The van der Waals surface area contributed by atoms with Crippen molar-refractivity contribution in [3.8, 4) is 0 Å². The summed E-state index contributed by atoms with van der Waals surface area (Å²) in [6, 6.07) is 0.236. The maximum atomic E-state index is 12.1. The van der Waals surface area contributed by atoms with Crippen LogP contribution in [-0.4, -0.2) is 50.6 Å². The lowest BCUT2D eigenvalue weighted by atomic mass is 9.96. The minimum Gasteiger partial charge on any atom is -0.468 e. The van der Waals surface area contributed by atoms with Crippen LogP contribution in [0.15, 0.2) is 0 Å². The van der Waals surface area contributed by atoms with Gasteiger partial charge in [-0.2, -0.15) is 0 Å². The van der Waals surface area contributed by atoms with Gasteiger partial charge in [0.05, 0.1) is 26.4 Å². The van der Waals surface area contributed by atoms with Gasteiger partial charge in [0.1, 0.15) is 5.54 Å². The van der Waals surface area contributed by atoms with Gasteiger partial charge in [-0.05, 0) is 33.1 Å². The molecule has 1 N–H and O–H groups in total. The molecule has 0 amide bonds. The summed E-state index contributed by atoms with van der Waals surface area (Å²) in [4.78, 5) is 12.1. The van der Waals surface area contributed by atoms with Crippen molar-refractivity contribution in [2.45, 2.75) is 70.6 Å². The standard InChI is InChI=1S/C16H31NO4/c1-5-6-9-20-10-11-21-14-7-8-16(12-14,15(18)19-4)17-13(2)3/h13-14,17H,5-12H2,1-4H3. The van der Waals surface area contributed by atoms with Crippen molar-refractivity contribution in [1.29, 1.82) is 0 Å². The molecule has 0 aliphatic heterocycles. The van der Waals surface area contributed by atoms with Crippen LogP contribution < -0.4 is 5.32 Å². The van der Waals surface area contributed by atoms with Crippen LogP contribution in [0.2, 0.25) is 0 Å². The molecule has 0 aromatic rings. The Kier molecular flexibility index (Phi) is 8.22. The Morgan fingerprint density at radius 2 is 2.10 bits per heavy atom. The normalized spacial score (nSPS) is 25.5. The largest absolute Gasteiger partial charge is 0.468 e. The number of carbonyl (C=O) groups is 1. The molecule has 21 heavy (non-hydrogen) atoms. The highest BCUT2D eigenvalue weighted by atomic mass is 16.5. The lowest BCUT2D eigenvalue weighted by molar-refractivity contribution is -0.149. The van der Waals surface area contributed by atoms with Crippen LogP contribution in [0.3, 0.4) is 0 Å². The first kappa shape index (κ1) is 18.4. The summed E-state index contributed by atoms with van der Waals surface area (Å²) in [6.45, 7) is 8.24. The Morgan fingerprint density at radius 1 is 1.33 bits per heavy atom. The fraction of sp³-hybridized carbons (Fsp3) is 0.938. The molecule has 2 atom stereocenters. The average molecular weight is 301 g/mol. The molecule has 124 valence electrons. The highest BCUT2D eigenvalue weighted by Crippen LogP contribution is 2.33. The number of hydrogen-bond acceptors (Lipinski definition) is 5. The number of unbranched alkanes of at least 4 members (excludes halogenated alkanes) is 1. The number of rotatable bonds is 10. The first-order chi connectivity index (χ1) is 10.0. The van der Waals surface area contributed by atoms with E-state index in [4.69, 9.17) is 14.2 Å². The Hall–Kier alpha value is -0.650. The van der Waals surface area contributed by atoms with E-state index in [0.29, 0.717) is 19.6 Å². The molecule has 0 radical (unpaired) electrons. The van der Waals surface area contributed by atoms with Gasteiger partial charge in [0.25, 0.3) is 0 Å². The van der Waals surface area contributed by atoms with E-state index in [0.717, 1.165) is 32.3 Å². The second kappa shape index (κ2) is 9.38. The highest BCUT2D eigenvalue weighted by molar-refractivity contribution is 5.81. The van der Waals surface area contributed by atoms with Gasteiger partial charge >= 0.3 is 5.97 Å². The number of carbonyl (C=O) groups excluding carboxylic acids is 1. The lowest BCUT2D eigenvalue weighted by Crippen LogP contribution is -2.53. The van der Waals surface area contributed by atoms with Crippen LogP contribution in [0.1, 0.15) is 52.9 Å². The van der Waals surface area contributed by atoms with E-state index in [9.17, 15) is 4.79 Å². The van der Waals surface area contributed by atoms with Crippen LogP contribution in [0.4, 0.5) is 0 Å². The third-order valence-corrected chi connectivity index (χ3v) is 3.83. The van der Waals surface area contributed by atoms with E-state index in [1.54, 1.807) is 0 Å². The molecule has 1 fully saturated rings. The van der Waals surface area contributed by atoms with Crippen LogP contribution >= 0.6 is 0 Å². The van der Waals surface area contributed by atoms with Gasteiger partial charge < -0.3 is 14.2 Å². The zero-order chi connectivity index (χ0) is 15.7. The summed E-state index contributed by atoms with van der Waals surface area (Å²) in [5, 5.41) is 3.37. The minimum absolute atomic E-state index is 0.102. The highest BCUT2D eigenvalue weighted by Gasteiger charge is 2.46. The number of hydrogen-bond donors (Lipinski definition) is 1. The monoisotopic (exact) mass is 301 g/mol. The topological polar surface area (TPSA) is 56.8 Å².